The van der Waals surface area contributed by atoms with E-state index in [1.54, 1.807) is 0 Å². The molecule has 7 nitrogen and oxygen atoms in total. The highest BCUT2D eigenvalue weighted by Gasteiger charge is 2.48. The minimum Gasteiger partial charge on any atom is -0.374 e. The topological polar surface area (TPSA) is 75.3 Å². The van der Waals surface area contributed by atoms with Gasteiger partial charge in [-0.2, -0.15) is 0 Å². The zero-order valence-corrected chi connectivity index (χ0v) is 24.4. The third-order valence-electron chi connectivity index (χ3n) is 7.24. The summed E-state index contributed by atoms with van der Waals surface area (Å²) in [4.78, 5) is 12.5. The largest absolute Gasteiger partial charge is 0.374 e. The van der Waals surface area contributed by atoms with E-state index >= 15 is 0 Å². The van der Waals surface area contributed by atoms with Crippen LogP contribution < -0.4 is 5.32 Å². The summed E-state index contributed by atoms with van der Waals surface area (Å²) in [6.07, 6.45) is -2.48. The van der Waals surface area contributed by atoms with E-state index in [1.807, 2.05) is 121 Å². The number of rotatable bonds is 14. The Morgan fingerprint density at radius 2 is 1.02 bits per heavy atom. The summed E-state index contributed by atoms with van der Waals surface area (Å²) < 4.78 is 32.3. The first-order chi connectivity index (χ1) is 21.2. The molecule has 0 radical (unpaired) electrons. The third-order valence-corrected chi connectivity index (χ3v) is 7.24. The van der Waals surface area contributed by atoms with Crippen molar-refractivity contribution >= 4 is 5.91 Å². The average Bonchev–Trinajstić information content (AvgIpc) is 3.05. The Morgan fingerprint density at radius 3 is 1.49 bits per heavy atom. The van der Waals surface area contributed by atoms with Crippen LogP contribution in [0.1, 0.15) is 29.2 Å². The highest BCUT2D eigenvalue weighted by Crippen LogP contribution is 2.30. The fraction of sp³-hybridized carbons (Fsp3) is 0.306. The molecule has 0 spiro atoms. The summed E-state index contributed by atoms with van der Waals surface area (Å²) in [5.74, 6) is -0.212. The van der Waals surface area contributed by atoms with Crippen LogP contribution in [-0.2, 0) is 54.9 Å². The molecule has 0 saturated carbocycles. The number of hydrogen-bond acceptors (Lipinski definition) is 6. The van der Waals surface area contributed by atoms with Crippen molar-refractivity contribution in [2.24, 2.45) is 0 Å². The van der Waals surface area contributed by atoms with Crippen molar-refractivity contribution in [2.75, 3.05) is 6.61 Å². The highest BCUT2D eigenvalue weighted by molar-refractivity contribution is 5.73. The minimum absolute atomic E-state index is 0.212. The van der Waals surface area contributed by atoms with Gasteiger partial charge in [0.05, 0.1) is 33.0 Å². The van der Waals surface area contributed by atoms with Crippen molar-refractivity contribution < 1.29 is 28.5 Å². The van der Waals surface area contributed by atoms with Crippen molar-refractivity contribution in [2.45, 2.75) is 64.0 Å². The first-order valence-electron chi connectivity index (χ1n) is 14.7. The molecule has 0 unspecified atom stereocenters. The van der Waals surface area contributed by atoms with Crippen LogP contribution >= 0.6 is 0 Å². The predicted molar refractivity (Wildman–Crippen MR) is 164 cm³/mol. The van der Waals surface area contributed by atoms with Crippen LogP contribution in [0.2, 0.25) is 0 Å². The number of benzene rings is 4. The first-order valence-corrected chi connectivity index (χ1v) is 14.7. The Hall–Kier alpha value is -3.85. The fourth-order valence-corrected chi connectivity index (χ4v) is 5.12. The molecular weight excluding hydrogens is 542 g/mol. The molecule has 7 heteroatoms. The van der Waals surface area contributed by atoms with Gasteiger partial charge in [-0.05, 0) is 22.3 Å². The van der Waals surface area contributed by atoms with E-state index in [0.29, 0.717) is 26.4 Å². The first kappa shape index (κ1) is 30.6. The zero-order valence-electron chi connectivity index (χ0n) is 24.4. The third kappa shape index (κ3) is 9.32. The van der Waals surface area contributed by atoms with Crippen LogP contribution in [0.4, 0.5) is 0 Å². The van der Waals surface area contributed by atoms with E-state index in [1.165, 1.54) is 6.92 Å². The summed E-state index contributed by atoms with van der Waals surface area (Å²) in [6, 6.07) is 39.1. The summed E-state index contributed by atoms with van der Waals surface area (Å²) in [5, 5.41) is 3.05. The van der Waals surface area contributed by atoms with Gasteiger partial charge in [-0.1, -0.05) is 121 Å². The summed E-state index contributed by atoms with van der Waals surface area (Å²) in [5.41, 5.74) is 4.08. The standard InChI is InChI=1S/C36H39NO6/c1-27(38)37-33-35(41-24-30-18-10-4-11-19-30)34(40-23-29-16-8-3-9-17-29)32(26-39-22-28-14-6-2-7-15-28)43-36(33)42-25-31-20-12-5-13-21-31/h2-21,32-36H,22-26H2,1H3,(H,37,38)/t32-,33-,34-,35-,36+/m1/s1. The molecule has 1 saturated heterocycles. The molecule has 43 heavy (non-hydrogen) atoms. The lowest BCUT2D eigenvalue weighted by molar-refractivity contribution is -0.293. The molecule has 1 fully saturated rings. The van der Waals surface area contributed by atoms with E-state index in [0.717, 1.165) is 22.3 Å². The van der Waals surface area contributed by atoms with Gasteiger partial charge in [0.25, 0.3) is 0 Å². The molecule has 1 N–H and O–H groups in total. The van der Waals surface area contributed by atoms with Crippen LogP contribution in [0.25, 0.3) is 0 Å². The summed E-state index contributed by atoms with van der Waals surface area (Å²) in [6.45, 7) is 3.13. The van der Waals surface area contributed by atoms with Crippen molar-refractivity contribution in [3.63, 3.8) is 0 Å². The van der Waals surface area contributed by atoms with Gasteiger partial charge >= 0.3 is 0 Å². The van der Waals surface area contributed by atoms with E-state index in [-0.39, 0.29) is 12.5 Å². The zero-order chi connectivity index (χ0) is 29.7. The lowest BCUT2D eigenvalue weighted by atomic mass is 9.95. The van der Waals surface area contributed by atoms with E-state index < -0.39 is 30.6 Å². The van der Waals surface area contributed by atoms with Gasteiger partial charge in [-0.15, -0.1) is 0 Å². The van der Waals surface area contributed by atoms with Gasteiger partial charge in [0.15, 0.2) is 6.29 Å². The Bertz CT molecular complexity index is 1360. The van der Waals surface area contributed by atoms with Crippen molar-refractivity contribution in [1.29, 1.82) is 0 Å². The Labute approximate surface area is 253 Å². The quantitative estimate of drug-likeness (QED) is 0.202. The summed E-state index contributed by atoms with van der Waals surface area (Å²) >= 11 is 0. The van der Waals surface area contributed by atoms with E-state index in [9.17, 15) is 4.79 Å². The van der Waals surface area contributed by atoms with Crippen LogP contribution in [0.3, 0.4) is 0 Å². The maximum atomic E-state index is 12.5. The fourth-order valence-electron chi connectivity index (χ4n) is 5.12. The Kier molecular flexibility index (Phi) is 11.5. The minimum atomic E-state index is -0.799. The molecule has 1 aliphatic heterocycles. The Morgan fingerprint density at radius 1 is 0.605 bits per heavy atom. The molecule has 1 amide bonds. The van der Waals surface area contributed by atoms with Gasteiger partial charge in [0.1, 0.15) is 24.4 Å². The van der Waals surface area contributed by atoms with Gasteiger partial charge in [-0.25, -0.2) is 0 Å². The molecule has 224 valence electrons. The highest BCUT2D eigenvalue weighted by atomic mass is 16.7. The molecular formula is C36H39NO6. The molecule has 1 aliphatic rings. The normalized spacial score (nSPS) is 21.7. The van der Waals surface area contributed by atoms with Crippen LogP contribution in [0.5, 0.6) is 0 Å². The van der Waals surface area contributed by atoms with Crippen LogP contribution in [-0.4, -0.2) is 43.2 Å². The van der Waals surface area contributed by atoms with Crippen LogP contribution in [0.15, 0.2) is 121 Å². The van der Waals surface area contributed by atoms with Crippen molar-refractivity contribution in [3.05, 3.63) is 144 Å². The maximum Gasteiger partial charge on any atom is 0.217 e. The summed E-state index contributed by atoms with van der Waals surface area (Å²) in [7, 11) is 0. The number of carbonyl (C=O) groups is 1. The molecule has 5 atom stereocenters. The molecule has 5 rings (SSSR count). The molecule has 0 bridgehead atoms. The lowest BCUT2D eigenvalue weighted by Crippen LogP contribution is -2.66. The predicted octanol–water partition coefficient (Wildman–Crippen LogP) is 5.82. The van der Waals surface area contributed by atoms with Gasteiger partial charge < -0.3 is 29.0 Å². The van der Waals surface area contributed by atoms with Crippen LogP contribution in [0, 0.1) is 0 Å². The monoisotopic (exact) mass is 581 g/mol. The smallest absolute Gasteiger partial charge is 0.217 e. The number of nitrogens with one attached hydrogen (secondary N) is 1. The SMILES string of the molecule is CC(=O)N[C@H]1[C@@H](OCc2ccccc2)O[C@H](COCc2ccccc2)[C@@H](OCc2ccccc2)[C@@H]1OCc1ccccc1. The van der Waals surface area contributed by atoms with Gasteiger partial charge in [0.2, 0.25) is 5.91 Å². The van der Waals surface area contributed by atoms with E-state index in [4.69, 9.17) is 23.7 Å². The van der Waals surface area contributed by atoms with E-state index in [2.05, 4.69) is 5.32 Å². The molecule has 4 aromatic rings. The number of amides is 1. The van der Waals surface area contributed by atoms with Gasteiger partial charge in [-0.3, -0.25) is 4.79 Å². The molecule has 4 aromatic carbocycles. The second kappa shape index (κ2) is 16.1. The van der Waals surface area contributed by atoms with Crippen molar-refractivity contribution in [1.82, 2.24) is 5.32 Å². The second-order valence-electron chi connectivity index (χ2n) is 10.6. The number of hydrogen-bond donors (Lipinski definition) is 1. The second-order valence-corrected chi connectivity index (χ2v) is 10.6. The lowest BCUT2D eigenvalue weighted by Gasteiger charge is -2.46. The maximum absolute atomic E-state index is 12.5. The molecule has 1 heterocycles. The number of ether oxygens (including phenoxy) is 5. The van der Waals surface area contributed by atoms with Gasteiger partial charge in [0, 0.05) is 6.92 Å². The Balaban J connectivity index is 1.41. The average molecular weight is 582 g/mol. The van der Waals surface area contributed by atoms with Crippen molar-refractivity contribution in [3.8, 4) is 0 Å². The molecule has 0 aromatic heterocycles. The molecule has 0 aliphatic carbocycles. The number of carbonyl (C=O) groups excluding carboxylic acids is 1.